The molecule has 2 heterocycles. The van der Waals surface area contributed by atoms with Gasteiger partial charge in [-0.15, -0.1) is 10.2 Å². The first-order chi connectivity index (χ1) is 15.0. The minimum absolute atomic E-state index is 0.0687. The second kappa shape index (κ2) is 9.32. The summed E-state index contributed by atoms with van der Waals surface area (Å²) in [5, 5.41) is 11.9. The summed E-state index contributed by atoms with van der Waals surface area (Å²) in [5.41, 5.74) is 2.34. The van der Waals surface area contributed by atoms with E-state index in [1.54, 1.807) is 6.92 Å². The molecule has 0 spiro atoms. The molecule has 0 bridgehead atoms. The highest BCUT2D eigenvalue weighted by molar-refractivity contribution is 7.13. The van der Waals surface area contributed by atoms with E-state index < -0.39 is 0 Å². The zero-order valence-electron chi connectivity index (χ0n) is 17.0. The third-order valence-corrected chi connectivity index (χ3v) is 6.04. The van der Waals surface area contributed by atoms with Crippen molar-refractivity contribution in [2.45, 2.75) is 13.5 Å². The standard InChI is InChI=1S/C22H22FN5O2S/c1-15(29)16-2-8-19(9-3-16)28-12-10-27(11-13-28)14-20-25-26-22(31-20)21(30)24-18-6-4-17(23)5-7-18/h2-9H,10-14H2,1H3,(H,24,30). The third-order valence-electron chi connectivity index (χ3n) is 5.13. The smallest absolute Gasteiger partial charge is 0.286 e. The van der Waals surface area contributed by atoms with Crippen LogP contribution in [0.2, 0.25) is 0 Å². The largest absolute Gasteiger partial charge is 0.369 e. The summed E-state index contributed by atoms with van der Waals surface area (Å²) in [5.74, 6) is -0.641. The molecule has 3 aromatic rings. The van der Waals surface area contributed by atoms with Gasteiger partial charge in [-0.3, -0.25) is 14.5 Å². The third kappa shape index (κ3) is 5.31. The Bertz CT molecular complexity index is 1060. The summed E-state index contributed by atoms with van der Waals surface area (Å²) < 4.78 is 13.0. The van der Waals surface area contributed by atoms with E-state index in [-0.39, 0.29) is 22.5 Å². The van der Waals surface area contributed by atoms with E-state index in [9.17, 15) is 14.0 Å². The van der Waals surface area contributed by atoms with Crippen molar-refractivity contribution in [3.8, 4) is 0 Å². The number of nitrogens with zero attached hydrogens (tertiary/aromatic N) is 4. The number of aromatic nitrogens is 2. The summed E-state index contributed by atoms with van der Waals surface area (Å²) in [6.45, 7) is 5.68. The zero-order valence-corrected chi connectivity index (χ0v) is 17.9. The Labute approximate surface area is 183 Å². The lowest BCUT2D eigenvalue weighted by Gasteiger charge is -2.35. The van der Waals surface area contributed by atoms with Crippen molar-refractivity contribution < 1.29 is 14.0 Å². The van der Waals surface area contributed by atoms with Crippen LogP contribution in [-0.2, 0) is 6.54 Å². The summed E-state index contributed by atoms with van der Waals surface area (Å²) >= 11 is 1.26. The van der Waals surface area contributed by atoms with E-state index in [0.717, 1.165) is 42.4 Å². The van der Waals surface area contributed by atoms with Crippen LogP contribution in [0.15, 0.2) is 48.5 Å². The monoisotopic (exact) mass is 439 g/mol. The Hall–Kier alpha value is -3.17. The number of carbonyl (C=O) groups excluding carboxylic acids is 2. The molecule has 0 atom stereocenters. The Morgan fingerprint density at radius 2 is 1.68 bits per heavy atom. The molecular formula is C22H22FN5O2S. The molecule has 1 fully saturated rings. The summed E-state index contributed by atoms with van der Waals surface area (Å²) in [4.78, 5) is 28.3. The van der Waals surface area contributed by atoms with Crippen LogP contribution in [0.5, 0.6) is 0 Å². The van der Waals surface area contributed by atoms with Gasteiger partial charge >= 0.3 is 0 Å². The van der Waals surface area contributed by atoms with Gasteiger partial charge in [0.25, 0.3) is 5.91 Å². The number of piperazine rings is 1. The van der Waals surface area contributed by atoms with Crippen LogP contribution in [0.1, 0.15) is 32.1 Å². The molecule has 4 rings (SSSR count). The highest BCUT2D eigenvalue weighted by Gasteiger charge is 2.20. The predicted molar refractivity (Wildman–Crippen MR) is 118 cm³/mol. The topological polar surface area (TPSA) is 78.4 Å². The molecule has 9 heteroatoms. The molecule has 7 nitrogen and oxygen atoms in total. The molecule has 1 amide bonds. The molecule has 31 heavy (non-hydrogen) atoms. The molecule has 160 valence electrons. The van der Waals surface area contributed by atoms with E-state index in [4.69, 9.17) is 0 Å². The van der Waals surface area contributed by atoms with Crippen LogP contribution < -0.4 is 10.2 Å². The van der Waals surface area contributed by atoms with Crippen molar-refractivity contribution >= 4 is 34.4 Å². The van der Waals surface area contributed by atoms with Gasteiger partial charge in [0.2, 0.25) is 5.01 Å². The van der Waals surface area contributed by atoms with Crippen LogP contribution >= 0.6 is 11.3 Å². The van der Waals surface area contributed by atoms with Crippen LogP contribution in [0.4, 0.5) is 15.8 Å². The number of benzene rings is 2. The van der Waals surface area contributed by atoms with Crippen molar-refractivity contribution in [1.29, 1.82) is 0 Å². The molecule has 1 N–H and O–H groups in total. The quantitative estimate of drug-likeness (QED) is 0.593. The number of amides is 1. The second-order valence-electron chi connectivity index (χ2n) is 7.33. The Morgan fingerprint density at radius 3 is 2.32 bits per heavy atom. The van der Waals surface area contributed by atoms with Crippen LogP contribution in [0.25, 0.3) is 0 Å². The number of hydrogen-bond donors (Lipinski definition) is 1. The molecule has 1 aliphatic rings. The Kier molecular flexibility index (Phi) is 6.34. The molecule has 1 aliphatic heterocycles. The molecule has 1 aromatic heterocycles. The molecule has 0 unspecified atom stereocenters. The number of nitrogens with one attached hydrogen (secondary N) is 1. The van der Waals surface area contributed by atoms with Gasteiger partial charge in [0.05, 0.1) is 6.54 Å². The fourth-order valence-electron chi connectivity index (χ4n) is 3.39. The zero-order chi connectivity index (χ0) is 21.8. The van der Waals surface area contributed by atoms with Crippen molar-refractivity contribution in [3.63, 3.8) is 0 Å². The number of Topliss-reactive ketones (excluding diaryl/α,β-unsaturated/α-hetero) is 1. The van der Waals surface area contributed by atoms with Crippen LogP contribution in [0, 0.1) is 5.82 Å². The lowest BCUT2D eigenvalue weighted by molar-refractivity contribution is 0.101. The first-order valence-electron chi connectivity index (χ1n) is 9.95. The SMILES string of the molecule is CC(=O)c1ccc(N2CCN(Cc3nnc(C(=O)Nc4ccc(F)cc4)s3)CC2)cc1. The first-order valence-corrected chi connectivity index (χ1v) is 10.8. The number of hydrogen-bond acceptors (Lipinski definition) is 7. The van der Waals surface area contributed by atoms with Gasteiger partial charge in [0, 0.05) is 43.1 Å². The van der Waals surface area contributed by atoms with E-state index in [1.807, 2.05) is 24.3 Å². The highest BCUT2D eigenvalue weighted by atomic mass is 32.1. The number of carbonyl (C=O) groups is 2. The summed E-state index contributed by atoms with van der Waals surface area (Å²) in [7, 11) is 0. The van der Waals surface area contributed by atoms with E-state index in [2.05, 4.69) is 25.3 Å². The lowest BCUT2D eigenvalue weighted by atomic mass is 10.1. The van der Waals surface area contributed by atoms with E-state index in [1.165, 1.54) is 35.6 Å². The van der Waals surface area contributed by atoms with Gasteiger partial charge in [-0.1, -0.05) is 11.3 Å². The Morgan fingerprint density at radius 1 is 1.00 bits per heavy atom. The predicted octanol–water partition coefficient (Wildman–Crippen LogP) is 3.45. The van der Waals surface area contributed by atoms with Crippen molar-refractivity contribution in [1.82, 2.24) is 15.1 Å². The molecule has 1 saturated heterocycles. The van der Waals surface area contributed by atoms with Gasteiger partial charge < -0.3 is 10.2 Å². The molecule has 2 aromatic carbocycles. The minimum Gasteiger partial charge on any atom is -0.369 e. The molecule has 0 aliphatic carbocycles. The maximum absolute atomic E-state index is 13.0. The Balaban J connectivity index is 1.29. The van der Waals surface area contributed by atoms with Gasteiger partial charge in [0.15, 0.2) is 5.78 Å². The second-order valence-corrected chi connectivity index (χ2v) is 8.39. The average Bonchev–Trinajstić information content (AvgIpc) is 3.25. The normalized spacial score (nSPS) is 14.5. The van der Waals surface area contributed by atoms with E-state index in [0.29, 0.717) is 12.2 Å². The van der Waals surface area contributed by atoms with Gasteiger partial charge in [0.1, 0.15) is 10.8 Å². The number of anilines is 2. The van der Waals surface area contributed by atoms with Crippen molar-refractivity contribution in [2.75, 3.05) is 36.4 Å². The molecule has 0 saturated carbocycles. The first kappa shape index (κ1) is 21.1. The lowest BCUT2D eigenvalue weighted by Crippen LogP contribution is -2.45. The number of rotatable bonds is 6. The number of halogens is 1. The van der Waals surface area contributed by atoms with Crippen LogP contribution in [0.3, 0.4) is 0 Å². The summed E-state index contributed by atoms with van der Waals surface area (Å²) in [6.07, 6.45) is 0. The van der Waals surface area contributed by atoms with Crippen molar-refractivity contribution in [2.24, 2.45) is 0 Å². The highest BCUT2D eigenvalue weighted by Crippen LogP contribution is 2.20. The van der Waals surface area contributed by atoms with Gasteiger partial charge in [-0.2, -0.15) is 0 Å². The molecule has 0 radical (unpaired) electrons. The fraction of sp³-hybridized carbons (Fsp3) is 0.273. The minimum atomic E-state index is -0.357. The van der Waals surface area contributed by atoms with E-state index >= 15 is 0 Å². The maximum Gasteiger partial charge on any atom is 0.286 e. The molecular weight excluding hydrogens is 417 g/mol. The van der Waals surface area contributed by atoms with Gasteiger partial charge in [-0.05, 0) is 55.5 Å². The number of ketones is 1. The maximum atomic E-state index is 13.0. The van der Waals surface area contributed by atoms with Crippen molar-refractivity contribution in [3.05, 3.63) is 69.9 Å². The fourth-order valence-corrected chi connectivity index (χ4v) is 4.17. The summed E-state index contributed by atoms with van der Waals surface area (Å²) in [6, 6.07) is 13.3. The van der Waals surface area contributed by atoms with Gasteiger partial charge in [-0.25, -0.2) is 4.39 Å². The van der Waals surface area contributed by atoms with Crippen LogP contribution in [-0.4, -0.2) is 53.0 Å². The average molecular weight is 440 g/mol.